The summed E-state index contributed by atoms with van der Waals surface area (Å²) in [5.74, 6) is 0. The smallest absolute Gasteiger partial charge is 0.126 e. The lowest BCUT2D eigenvalue weighted by molar-refractivity contribution is -0.943. The largest absolute Gasteiger partial charge is 0.393 e. The molecule has 2 unspecified atom stereocenters. The molecular formula is C10H24NO3+. The molecule has 0 fully saturated rings. The molecule has 0 spiro atoms. The predicted molar refractivity (Wildman–Crippen MR) is 55.8 cm³/mol. The Balaban J connectivity index is 4.56. The summed E-state index contributed by atoms with van der Waals surface area (Å²) >= 11 is 0. The van der Waals surface area contributed by atoms with Crippen molar-refractivity contribution in [1.29, 1.82) is 0 Å². The minimum atomic E-state index is -0.720. The van der Waals surface area contributed by atoms with Gasteiger partial charge in [0.2, 0.25) is 0 Å². The molecule has 2 atom stereocenters. The molecule has 0 rings (SSSR count). The second-order valence-electron chi connectivity index (χ2n) is 4.71. The topological polar surface area (TPSA) is 60.7 Å². The molecule has 0 aromatic rings. The highest BCUT2D eigenvalue weighted by Gasteiger charge is 2.40. The van der Waals surface area contributed by atoms with Crippen LogP contribution in [0.3, 0.4) is 0 Å². The lowest BCUT2D eigenvalue weighted by Crippen LogP contribution is -2.62. The van der Waals surface area contributed by atoms with E-state index in [1.54, 1.807) is 0 Å². The molecule has 0 aromatic heterocycles. The molecule has 4 heteroatoms. The quantitative estimate of drug-likeness (QED) is 0.517. The SMILES string of the molecule is CCC(C)(CO)[N+](C)(C)CC(O)CO. The molecule has 0 radical (unpaired) electrons. The second kappa shape index (κ2) is 5.07. The molecule has 0 bridgehead atoms. The van der Waals surface area contributed by atoms with E-state index in [0.29, 0.717) is 11.0 Å². The van der Waals surface area contributed by atoms with Crippen LogP contribution in [0.4, 0.5) is 0 Å². The van der Waals surface area contributed by atoms with Crippen LogP contribution in [0.2, 0.25) is 0 Å². The summed E-state index contributed by atoms with van der Waals surface area (Å²) in [6.45, 7) is 4.29. The van der Waals surface area contributed by atoms with Crippen LogP contribution in [0.25, 0.3) is 0 Å². The van der Waals surface area contributed by atoms with Gasteiger partial charge in [0.25, 0.3) is 0 Å². The predicted octanol–water partition coefficient (Wildman–Crippen LogP) is -0.423. The molecular weight excluding hydrogens is 182 g/mol. The fraction of sp³-hybridized carbons (Fsp3) is 1.00. The van der Waals surface area contributed by atoms with Crippen LogP contribution in [0.15, 0.2) is 0 Å². The first-order valence-electron chi connectivity index (χ1n) is 5.06. The molecule has 0 aliphatic carbocycles. The number of hydrogen-bond donors (Lipinski definition) is 3. The van der Waals surface area contributed by atoms with E-state index in [-0.39, 0.29) is 18.8 Å². The van der Waals surface area contributed by atoms with Gasteiger partial charge in [0.15, 0.2) is 0 Å². The zero-order chi connectivity index (χ0) is 11.4. The maximum atomic E-state index is 9.40. The Kier molecular flexibility index (Phi) is 5.01. The van der Waals surface area contributed by atoms with Gasteiger partial charge in [-0.3, -0.25) is 0 Å². The summed E-state index contributed by atoms with van der Waals surface area (Å²) in [4.78, 5) is 0. The van der Waals surface area contributed by atoms with E-state index in [1.165, 1.54) is 0 Å². The van der Waals surface area contributed by atoms with Crippen molar-refractivity contribution >= 4 is 0 Å². The summed E-state index contributed by atoms with van der Waals surface area (Å²) in [6.07, 6.45) is 0.108. The lowest BCUT2D eigenvalue weighted by Gasteiger charge is -2.46. The fourth-order valence-electron chi connectivity index (χ4n) is 1.54. The van der Waals surface area contributed by atoms with Gasteiger partial charge in [-0.1, -0.05) is 6.92 Å². The van der Waals surface area contributed by atoms with Gasteiger partial charge in [-0.15, -0.1) is 0 Å². The van der Waals surface area contributed by atoms with Crippen LogP contribution in [0, 0.1) is 0 Å². The molecule has 14 heavy (non-hydrogen) atoms. The molecule has 3 N–H and O–H groups in total. The molecule has 0 aromatic carbocycles. The van der Waals surface area contributed by atoms with E-state index < -0.39 is 6.10 Å². The maximum absolute atomic E-state index is 9.40. The van der Waals surface area contributed by atoms with E-state index in [4.69, 9.17) is 5.11 Å². The van der Waals surface area contributed by atoms with E-state index in [2.05, 4.69) is 0 Å². The molecule has 0 heterocycles. The first kappa shape index (κ1) is 13.8. The van der Waals surface area contributed by atoms with Gasteiger partial charge in [-0.05, 0) is 6.92 Å². The number of quaternary nitrogens is 1. The van der Waals surface area contributed by atoms with Crippen molar-refractivity contribution in [3.63, 3.8) is 0 Å². The molecule has 4 nitrogen and oxygen atoms in total. The highest BCUT2D eigenvalue weighted by Crippen LogP contribution is 2.24. The zero-order valence-electron chi connectivity index (χ0n) is 9.69. The van der Waals surface area contributed by atoms with E-state index in [9.17, 15) is 10.2 Å². The third-order valence-electron chi connectivity index (χ3n) is 3.44. The Morgan fingerprint density at radius 3 is 2.07 bits per heavy atom. The number of hydrogen-bond acceptors (Lipinski definition) is 3. The number of likely N-dealkylation sites (N-methyl/N-ethyl adjacent to an activating group) is 1. The average molecular weight is 206 g/mol. The monoisotopic (exact) mass is 206 g/mol. The van der Waals surface area contributed by atoms with Gasteiger partial charge >= 0.3 is 0 Å². The van der Waals surface area contributed by atoms with Crippen molar-refractivity contribution in [3.05, 3.63) is 0 Å². The van der Waals surface area contributed by atoms with Crippen molar-refractivity contribution < 1.29 is 19.8 Å². The minimum Gasteiger partial charge on any atom is -0.393 e. The van der Waals surface area contributed by atoms with Gasteiger partial charge in [-0.25, -0.2) is 0 Å². The number of nitrogens with zero attached hydrogens (tertiary/aromatic N) is 1. The Morgan fingerprint density at radius 1 is 1.29 bits per heavy atom. The standard InChI is InChI=1S/C10H24NO3/c1-5-10(2,8-13)11(3,4)6-9(14)7-12/h9,12-14H,5-8H2,1-4H3/q+1. The molecule has 0 aliphatic rings. The number of rotatable bonds is 6. The van der Waals surface area contributed by atoms with Crippen molar-refractivity contribution in [2.24, 2.45) is 0 Å². The highest BCUT2D eigenvalue weighted by atomic mass is 16.3. The maximum Gasteiger partial charge on any atom is 0.126 e. The van der Waals surface area contributed by atoms with Crippen molar-refractivity contribution in [1.82, 2.24) is 0 Å². The summed E-state index contributed by atoms with van der Waals surface area (Å²) in [6, 6.07) is 0. The highest BCUT2D eigenvalue weighted by molar-refractivity contribution is 4.73. The molecule has 86 valence electrons. The third-order valence-corrected chi connectivity index (χ3v) is 3.44. The normalized spacial score (nSPS) is 19.1. The van der Waals surface area contributed by atoms with Crippen LogP contribution in [-0.2, 0) is 0 Å². The van der Waals surface area contributed by atoms with Crippen molar-refractivity contribution in [2.75, 3.05) is 33.9 Å². The van der Waals surface area contributed by atoms with E-state index >= 15 is 0 Å². The van der Waals surface area contributed by atoms with Crippen LogP contribution in [0.5, 0.6) is 0 Å². The van der Waals surface area contributed by atoms with Crippen LogP contribution >= 0.6 is 0 Å². The summed E-state index contributed by atoms with van der Waals surface area (Å²) in [5, 5.41) is 27.5. The van der Waals surface area contributed by atoms with Gasteiger partial charge in [0.05, 0.1) is 27.3 Å². The first-order valence-corrected chi connectivity index (χ1v) is 5.06. The third kappa shape index (κ3) is 2.92. The van der Waals surface area contributed by atoms with E-state index in [0.717, 1.165) is 6.42 Å². The van der Waals surface area contributed by atoms with Crippen LogP contribution in [0.1, 0.15) is 20.3 Å². The van der Waals surface area contributed by atoms with Crippen LogP contribution < -0.4 is 0 Å². The number of aliphatic hydroxyl groups excluding tert-OH is 3. The van der Waals surface area contributed by atoms with Crippen molar-refractivity contribution in [2.45, 2.75) is 31.9 Å². The minimum absolute atomic E-state index is 0.0780. The Hall–Kier alpha value is -0.160. The Labute approximate surface area is 86.4 Å². The summed E-state index contributed by atoms with van der Waals surface area (Å²) < 4.78 is 0.502. The molecule has 0 aliphatic heterocycles. The lowest BCUT2D eigenvalue weighted by atomic mass is 9.95. The summed E-state index contributed by atoms with van der Waals surface area (Å²) in [7, 11) is 3.91. The first-order chi connectivity index (χ1) is 6.33. The van der Waals surface area contributed by atoms with Gasteiger partial charge < -0.3 is 19.8 Å². The van der Waals surface area contributed by atoms with Gasteiger partial charge in [0, 0.05) is 6.42 Å². The molecule has 0 saturated carbocycles. The van der Waals surface area contributed by atoms with Gasteiger partial charge in [0.1, 0.15) is 18.2 Å². The fourth-order valence-corrected chi connectivity index (χ4v) is 1.54. The number of aliphatic hydroxyl groups is 3. The van der Waals surface area contributed by atoms with Crippen molar-refractivity contribution in [3.8, 4) is 0 Å². The zero-order valence-corrected chi connectivity index (χ0v) is 9.69. The summed E-state index contributed by atoms with van der Waals surface area (Å²) in [5.41, 5.74) is -0.268. The Bertz CT molecular complexity index is 167. The van der Waals surface area contributed by atoms with E-state index in [1.807, 2.05) is 27.9 Å². The van der Waals surface area contributed by atoms with Gasteiger partial charge in [-0.2, -0.15) is 0 Å². The van der Waals surface area contributed by atoms with Crippen LogP contribution in [-0.4, -0.2) is 65.3 Å². The Morgan fingerprint density at radius 2 is 1.79 bits per heavy atom. The second-order valence-corrected chi connectivity index (χ2v) is 4.71. The average Bonchev–Trinajstić information content (AvgIpc) is 2.15. The molecule has 0 amide bonds. The molecule has 0 saturated heterocycles.